The highest BCUT2D eigenvalue weighted by Crippen LogP contribution is 2.34. The molecular weight excluding hydrogens is 346 g/mol. The Bertz CT molecular complexity index is 980. The van der Waals surface area contributed by atoms with Gasteiger partial charge in [-0.1, -0.05) is 18.2 Å². The number of para-hydroxylation sites is 1. The number of rotatable bonds is 5. The van der Waals surface area contributed by atoms with Gasteiger partial charge >= 0.3 is 0 Å². The Morgan fingerprint density at radius 3 is 2.92 bits per heavy atom. The maximum Gasteiger partial charge on any atom is 0.259 e. The fraction of sp³-hybridized carbons (Fsp3) is 0.100. The second-order valence-electron chi connectivity index (χ2n) is 5.92. The molecule has 0 fully saturated rings. The van der Waals surface area contributed by atoms with Gasteiger partial charge in [0.2, 0.25) is 0 Å². The van der Waals surface area contributed by atoms with Crippen LogP contribution in [0.25, 0.3) is 16.7 Å². The van der Waals surface area contributed by atoms with Crippen molar-refractivity contribution in [3.63, 3.8) is 0 Å². The smallest absolute Gasteiger partial charge is 0.259 e. The number of hydrogen-bond acceptors (Lipinski definition) is 5. The molecule has 3 aromatic rings. The van der Waals surface area contributed by atoms with Crippen molar-refractivity contribution >= 4 is 34.3 Å². The summed E-state index contributed by atoms with van der Waals surface area (Å²) in [6, 6.07) is 11.7. The number of aliphatic hydroxyl groups is 1. The number of nitrogens with zero attached hydrogens (tertiary/aromatic N) is 1. The van der Waals surface area contributed by atoms with E-state index in [-0.39, 0.29) is 12.5 Å². The van der Waals surface area contributed by atoms with E-state index in [4.69, 9.17) is 0 Å². The van der Waals surface area contributed by atoms with Crippen LogP contribution in [0, 0.1) is 0 Å². The third kappa shape index (κ3) is 3.12. The van der Waals surface area contributed by atoms with Gasteiger partial charge in [0.1, 0.15) is 5.82 Å². The molecule has 1 aliphatic rings. The number of carbonyl (C=O) groups is 1. The first-order chi connectivity index (χ1) is 12.8. The van der Waals surface area contributed by atoms with E-state index in [1.54, 1.807) is 23.7 Å². The van der Waals surface area contributed by atoms with Crippen LogP contribution < -0.4 is 10.6 Å². The third-order valence-electron chi connectivity index (χ3n) is 4.28. The summed E-state index contributed by atoms with van der Waals surface area (Å²) >= 11 is 1.63. The van der Waals surface area contributed by atoms with Gasteiger partial charge in [-0.05, 0) is 46.5 Å². The SMILES string of the molecule is O=C1Nc2ncc(-c3ccsc3)cc2C1=CNc1ccccc1CCO. The third-order valence-corrected chi connectivity index (χ3v) is 4.96. The Labute approximate surface area is 155 Å². The topological polar surface area (TPSA) is 74.2 Å². The minimum atomic E-state index is -0.179. The van der Waals surface area contributed by atoms with Crippen LogP contribution in [0.3, 0.4) is 0 Å². The number of anilines is 2. The first kappa shape index (κ1) is 16.5. The number of carbonyl (C=O) groups excluding carboxylic acids is 1. The molecule has 6 heteroatoms. The largest absolute Gasteiger partial charge is 0.396 e. The number of hydrogen-bond donors (Lipinski definition) is 3. The standard InChI is InChI=1S/C20H17N3O2S/c24-7-5-13-3-1-2-4-18(13)21-11-17-16-9-15(14-6-8-26-12-14)10-22-19(16)23-20(17)25/h1-4,6,8-12,21,24H,5,7H2,(H,22,23,25). The van der Waals surface area contributed by atoms with Crippen molar-refractivity contribution in [2.75, 3.05) is 17.2 Å². The van der Waals surface area contributed by atoms with Crippen molar-refractivity contribution in [3.8, 4) is 11.1 Å². The molecule has 130 valence electrons. The molecule has 0 spiro atoms. The van der Waals surface area contributed by atoms with Crippen molar-refractivity contribution in [2.45, 2.75) is 6.42 Å². The molecule has 0 unspecified atom stereocenters. The summed E-state index contributed by atoms with van der Waals surface area (Å²) in [6.07, 6.45) is 4.03. The lowest BCUT2D eigenvalue weighted by molar-refractivity contribution is -0.110. The fourth-order valence-electron chi connectivity index (χ4n) is 2.95. The van der Waals surface area contributed by atoms with Gasteiger partial charge in [-0.25, -0.2) is 4.98 Å². The average Bonchev–Trinajstić information content (AvgIpc) is 3.28. The van der Waals surface area contributed by atoms with Crippen LogP contribution in [0.1, 0.15) is 11.1 Å². The Morgan fingerprint density at radius 1 is 1.23 bits per heavy atom. The van der Waals surface area contributed by atoms with Gasteiger partial charge in [-0.2, -0.15) is 11.3 Å². The number of aromatic nitrogens is 1. The summed E-state index contributed by atoms with van der Waals surface area (Å²) in [5, 5.41) is 19.3. The van der Waals surface area contributed by atoms with Crippen LogP contribution >= 0.6 is 11.3 Å². The Balaban J connectivity index is 1.67. The molecule has 1 aliphatic heterocycles. The summed E-state index contributed by atoms with van der Waals surface area (Å²) in [5.41, 5.74) is 5.26. The van der Waals surface area contributed by atoms with Gasteiger partial charge in [0.15, 0.2) is 0 Å². The maximum absolute atomic E-state index is 12.4. The van der Waals surface area contributed by atoms with Crippen molar-refractivity contribution in [3.05, 3.63) is 70.7 Å². The molecule has 3 heterocycles. The van der Waals surface area contributed by atoms with Gasteiger partial charge in [-0.15, -0.1) is 0 Å². The van der Waals surface area contributed by atoms with Crippen LogP contribution in [0.15, 0.2) is 59.6 Å². The second-order valence-corrected chi connectivity index (χ2v) is 6.70. The van der Waals surface area contributed by atoms with Gasteiger partial charge < -0.3 is 15.7 Å². The maximum atomic E-state index is 12.4. The lowest BCUT2D eigenvalue weighted by Crippen LogP contribution is -2.06. The van der Waals surface area contributed by atoms with Crippen LogP contribution in [-0.2, 0) is 11.2 Å². The number of pyridine rings is 1. The predicted molar refractivity (Wildman–Crippen MR) is 105 cm³/mol. The molecule has 0 bridgehead atoms. The highest BCUT2D eigenvalue weighted by atomic mass is 32.1. The minimum Gasteiger partial charge on any atom is -0.396 e. The first-order valence-corrected chi connectivity index (χ1v) is 9.20. The summed E-state index contributed by atoms with van der Waals surface area (Å²) in [4.78, 5) is 16.8. The van der Waals surface area contributed by atoms with Crippen molar-refractivity contribution in [1.29, 1.82) is 0 Å². The fourth-order valence-corrected chi connectivity index (χ4v) is 3.61. The molecule has 0 radical (unpaired) electrons. The number of amides is 1. The lowest BCUT2D eigenvalue weighted by Gasteiger charge is -2.08. The lowest BCUT2D eigenvalue weighted by atomic mass is 10.1. The van der Waals surface area contributed by atoms with Gasteiger partial charge in [0.05, 0.1) is 5.57 Å². The van der Waals surface area contributed by atoms with E-state index in [1.807, 2.05) is 41.8 Å². The van der Waals surface area contributed by atoms with Crippen molar-refractivity contribution in [2.24, 2.45) is 0 Å². The van der Waals surface area contributed by atoms with Crippen LogP contribution in [0.4, 0.5) is 11.5 Å². The van der Waals surface area contributed by atoms with E-state index in [9.17, 15) is 9.90 Å². The predicted octanol–water partition coefficient (Wildman–Crippen LogP) is 3.75. The molecule has 1 aromatic carbocycles. The summed E-state index contributed by atoms with van der Waals surface area (Å²) < 4.78 is 0. The Morgan fingerprint density at radius 2 is 2.12 bits per heavy atom. The molecule has 0 aliphatic carbocycles. The molecule has 2 aromatic heterocycles. The van der Waals surface area contributed by atoms with E-state index in [1.165, 1.54) is 0 Å². The van der Waals surface area contributed by atoms with Gasteiger partial charge in [0.25, 0.3) is 5.91 Å². The molecule has 26 heavy (non-hydrogen) atoms. The van der Waals surface area contributed by atoms with Crippen LogP contribution in [0.2, 0.25) is 0 Å². The molecule has 0 saturated carbocycles. The number of thiophene rings is 1. The van der Waals surface area contributed by atoms with Gasteiger partial charge in [-0.3, -0.25) is 4.79 Å². The Kier molecular flexibility index (Phi) is 4.51. The summed E-state index contributed by atoms with van der Waals surface area (Å²) in [6.45, 7) is 0.0759. The second kappa shape index (κ2) is 7.11. The van der Waals surface area contributed by atoms with E-state index in [2.05, 4.69) is 21.0 Å². The summed E-state index contributed by atoms with van der Waals surface area (Å²) in [5.74, 6) is 0.396. The zero-order valence-electron chi connectivity index (χ0n) is 13.9. The van der Waals surface area contributed by atoms with Crippen LogP contribution in [0.5, 0.6) is 0 Å². The highest BCUT2D eigenvalue weighted by Gasteiger charge is 2.26. The van der Waals surface area contributed by atoms with Crippen molar-refractivity contribution < 1.29 is 9.90 Å². The molecule has 4 rings (SSSR count). The normalized spacial score (nSPS) is 14.3. The molecule has 5 nitrogen and oxygen atoms in total. The zero-order chi connectivity index (χ0) is 17.9. The molecule has 3 N–H and O–H groups in total. The highest BCUT2D eigenvalue weighted by molar-refractivity contribution is 7.08. The zero-order valence-corrected chi connectivity index (χ0v) is 14.7. The Hall–Kier alpha value is -2.96. The molecule has 1 amide bonds. The quantitative estimate of drug-likeness (QED) is 0.604. The first-order valence-electron chi connectivity index (χ1n) is 8.26. The van der Waals surface area contributed by atoms with Crippen molar-refractivity contribution in [1.82, 2.24) is 4.98 Å². The minimum absolute atomic E-state index is 0.0759. The van der Waals surface area contributed by atoms with Crippen LogP contribution in [-0.4, -0.2) is 22.6 Å². The monoisotopic (exact) mass is 363 g/mol. The summed E-state index contributed by atoms with van der Waals surface area (Å²) in [7, 11) is 0. The van der Waals surface area contributed by atoms with Gasteiger partial charge in [0, 0.05) is 35.8 Å². The molecular formula is C20H17N3O2S. The average molecular weight is 363 g/mol. The number of aliphatic hydroxyl groups excluding tert-OH is 1. The number of nitrogens with one attached hydrogen (secondary N) is 2. The van der Waals surface area contributed by atoms with E-state index < -0.39 is 0 Å². The molecule has 0 saturated heterocycles. The number of benzene rings is 1. The molecule has 0 atom stereocenters. The van der Waals surface area contributed by atoms with E-state index in [0.717, 1.165) is 27.9 Å². The number of fused-ring (bicyclic) bond motifs is 1. The van der Waals surface area contributed by atoms with E-state index >= 15 is 0 Å². The van der Waals surface area contributed by atoms with E-state index in [0.29, 0.717) is 17.8 Å².